The van der Waals surface area contributed by atoms with Crippen LogP contribution in [0.4, 0.5) is 4.39 Å². The number of ether oxygens (including phenoxy) is 1. The van der Waals surface area contributed by atoms with E-state index in [1.54, 1.807) is 17.4 Å². The summed E-state index contributed by atoms with van der Waals surface area (Å²) in [4.78, 5) is 4.59. The molecule has 0 saturated heterocycles. The molecule has 0 unspecified atom stereocenters. The van der Waals surface area contributed by atoms with Gasteiger partial charge in [0.1, 0.15) is 5.01 Å². The molecule has 0 atom stereocenters. The first kappa shape index (κ1) is 13.8. The molecule has 0 fully saturated rings. The van der Waals surface area contributed by atoms with Crippen molar-refractivity contribution in [1.29, 1.82) is 0 Å². The standard InChI is InChI=1S/C17H14FNOS/c1-11-3-5-12(6-4-11)17-19-15(10-21-17)13-7-8-16(20-2)14(18)9-13/h3-10H,1-2H3. The minimum atomic E-state index is -0.375. The molecule has 0 aliphatic carbocycles. The lowest BCUT2D eigenvalue weighted by atomic mass is 10.1. The van der Waals surface area contributed by atoms with Crippen molar-refractivity contribution in [2.75, 3.05) is 7.11 Å². The maximum absolute atomic E-state index is 13.8. The van der Waals surface area contributed by atoms with Crippen molar-refractivity contribution in [2.24, 2.45) is 0 Å². The monoisotopic (exact) mass is 299 g/mol. The van der Waals surface area contributed by atoms with Crippen molar-refractivity contribution in [3.05, 3.63) is 59.2 Å². The van der Waals surface area contributed by atoms with Crippen LogP contribution < -0.4 is 4.74 Å². The molecule has 0 amide bonds. The van der Waals surface area contributed by atoms with Crippen molar-refractivity contribution in [2.45, 2.75) is 6.92 Å². The average molecular weight is 299 g/mol. The normalized spacial score (nSPS) is 10.6. The van der Waals surface area contributed by atoms with Crippen LogP contribution in [0.25, 0.3) is 21.8 Å². The molecular formula is C17H14FNOS. The summed E-state index contributed by atoms with van der Waals surface area (Å²) in [5.41, 5.74) is 3.82. The second kappa shape index (κ2) is 5.66. The summed E-state index contributed by atoms with van der Waals surface area (Å²) in [5.74, 6) is -0.132. The van der Waals surface area contributed by atoms with Gasteiger partial charge in [-0.1, -0.05) is 29.8 Å². The fraction of sp³-hybridized carbons (Fsp3) is 0.118. The molecule has 106 valence electrons. The maximum atomic E-state index is 13.8. The number of hydrogen-bond acceptors (Lipinski definition) is 3. The Morgan fingerprint density at radius 1 is 1.05 bits per heavy atom. The largest absolute Gasteiger partial charge is 0.494 e. The highest BCUT2D eigenvalue weighted by molar-refractivity contribution is 7.13. The zero-order valence-corrected chi connectivity index (χ0v) is 12.6. The first-order valence-corrected chi connectivity index (χ1v) is 7.42. The van der Waals surface area contributed by atoms with E-state index in [0.29, 0.717) is 0 Å². The predicted octanol–water partition coefficient (Wildman–Crippen LogP) is 4.93. The summed E-state index contributed by atoms with van der Waals surface area (Å²) < 4.78 is 18.7. The number of thiazole rings is 1. The van der Waals surface area contributed by atoms with Crippen LogP contribution in [0.3, 0.4) is 0 Å². The number of nitrogens with zero attached hydrogens (tertiary/aromatic N) is 1. The third kappa shape index (κ3) is 2.81. The Bertz CT molecular complexity index is 765. The fourth-order valence-electron chi connectivity index (χ4n) is 2.06. The van der Waals surface area contributed by atoms with Gasteiger partial charge in [0, 0.05) is 16.5 Å². The number of methoxy groups -OCH3 is 1. The van der Waals surface area contributed by atoms with Crippen molar-refractivity contribution in [1.82, 2.24) is 4.98 Å². The molecule has 0 radical (unpaired) electrons. The van der Waals surface area contributed by atoms with Gasteiger partial charge in [-0.25, -0.2) is 9.37 Å². The Balaban J connectivity index is 1.94. The highest BCUT2D eigenvalue weighted by Crippen LogP contribution is 2.30. The third-order valence-electron chi connectivity index (χ3n) is 3.25. The smallest absolute Gasteiger partial charge is 0.165 e. The molecule has 1 aromatic heterocycles. The van der Waals surface area contributed by atoms with Gasteiger partial charge >= 0.3 is 0 Å². The Labute approximate surface area is 126 Å². The number of halogens is 1. The zero-order chi connectivity index (χ0) is 14.8. The van der Waals surface area contributed by atoms with E-state index >= 15 is 0 Å². The highest BCUT2D eigenvalue weighted by atomic mass is 32.1. The molecule has 0 aliphatic rings. The summed E-state index contributed by atoms with van der Waals surface area (Å²) in [6.07, 6.45) is 0. The number of aromatic nitrogens is 1. The van der Waals surface area contributed by atoms with E-state index in [1.165, 1.54) is 18.7 Å². The summed E-state index contributed by atoms with van der Waals surface area (Å²) in [7, 11) is 1.45. The first-order chi connectivity index (χ1) is 10.2. The van der Waals surface area contributed by atoms with Crippen LogP contribution >= 0.6 is 11.3 Å². The van der Waals surface area contributed by atoms with Gasteiger partial charge in [-0.2, -0.15) is 0 Å². The molecule has 3 rings (SSSR count). The molecule has 4 heteroatoms. The van der Waals surface area contributed by atoms with Gasteiger partial charge in [0.15, 0.2) is 11.6 Å². The van der Waals surface area contributed by atoms with Gasteiger partial charge in [-0.15, -0.1) is 11.3 Å². The number of hydrogen-bond donors (Lipinski definition) is 0. The predicted molar refractivity (Wildman–Crippen MR) is 84.2 cm³/mol. The average Bonchev–Trinajstić information content (AvgIpc) is 2.98. The van der Waals surface area contributed by atoms with Crippen LogP contribution in [0.1, 0.15) is 5.56 Å². The van der Waals surface area contributed by atoms with Crippen molar-refractivity contribution in [3.8, 4) is 27.6 Å². The summed E-state index contributed by atoms with van der Waals surface area (Å²) in [6.45, 7) is 2.05. The van der Waals surface area contributed by atoms with Crippen LogP contribution in [0.5, 0.6) is 5.75 Å². The van der Waals surface area contributed by atoms with Crippen LogP contribution in [0.2, 0.25) is 0 Å². The van der Waals surface area contributed by atoms with Crippen molar-refractivity contribution >= 4 is 11.3 Å². The fourth-order valence-corrected chi connectivity index (χ4v) is 2.90. The van der Waals surface area contributed by atoms with Gasteiger partial charge in [-0.3, -0.25) is 0 Å². The van der Waals surface area contributed by atoms with Gasteiger partial charge in [0.2, 0.25) is 0 Å². The van der Waals surface area contributed by atoms with E-state index in [0.717, 1.165) is 21.8 Å². The zero-order valence-electron chi connectivity index (χ0n) is 11.8. The molecule has 3 aromatic rings. The lowest BCUT2D eigenvalue weighted by molar-refractivity contribution is 0.386. The molecule has 0 bridgehead atoms. The quantitative estimate of drug-likeness (QED) is 0.684. The molecule has 21 heavy (non-hydrogen) atoms. The highest BCUT2D eigenvalue weighted by Gasteiger charge is 2.09. The molecule has 0 N–H and O–H groups in total. The number of aryl methyl sites for hydroxylation is 1. The van der Waals surface area contributed by atoms with Crippen LogP contribution in [-0.4, -0.2) is 12.1 Å². The molecular weight excluding hydrogens is 285 g/mol. The number of rotatable bonds is 3. The Kier molecular flexibility index (Phi) is 3.71. The summed E-state index contributed by atoms with van der Waals surface area (Å²) in [6, 6.07) is 13.1. The third-order valence-corrected chi connectivity index (χ3v) is 4.14. The lowest BCUT2D eigenvalue weighted by Gasteiger charge is -2.03. The molecule has 0 spiro atoms. The first-order valence-electron chi connectivity index (χ1n) is 6.54. The maximum Gasteiger partial charge on any atom is 0.165 e. The van der Waals surface area contributed by atoms with Gasteiger partial charge in [-0.05, 0) is 25.1 Å². The number of benzene rings is 2. The van der Waals surface area contributed by atoms with E-state index in [9.17, 15) is 4.39 Å². The van der Waals surface area contributed by atoms with E-state index in [-0.39, 0.29) is 11.6 Å². The van der Waals surface area contributed by atoms with E-state index < -0.39 is 0 Å². The van der Waals surface area contributed by atoms with Crippen molar-refractivity contribution < 1.29 is 9.13 Å². The SMILES string of the molecule is COc1ccc(-c2csc(-c3ccc(C)cc3)n2)cc1F. The minimum Gasteiger partial charge on any atom is -0.494 e. The van der Waals surface area contributed by atoms with Crippen LogP contribution in [0, 0.1) is 12.7 Å². The van der Waals surface area contributed by atoms with Crippen molar-refractivity contribution in [3.63, 3.8) is 0 Å². The topological polar surface area (TPSA) is 22.1 Å². The minimum absolute atomic E-state index is 0.243. The Hall–Kier alpha value is -2.20. The Morgan fingerprint density at radius 3 is 2.43 bits per heavy atom. The van der Waals surface area contributed by atoms with E-state index in [1.807, 2.05) is 23.6 Å². The summed E-state index contributed by atoms with van der Waals surface area (Å²) >= 11 is 1.55. The van der Waals surface area contributed by atoms with Gasteiger partial charge < -0.3 is 4.74 Å². The van der Waals surface area contributed by atoms with E-state index in [4.69, 9.17) is 4.74 Å². The Morgan fingerprint density at radius 2 is 1.76 bits per heavy atom. The molecule has 1 heterocycles. The van der Waals surface area contributed by atoms with Crippen LogP contribution in [-0.2, 0) is 0 Å². The van der Waals surface area contributed by atoms with E-state index in [2.05, 4.69) is 24.0 Å². The van der Waals surface area contributed by atoms with Crippen LogP contribution in [0.15, 0.2) is 47.8 Å². The second-order valence-electron chi connectivity index (χ2n) is 4.75. The molecule has 0 saturated carbocycles. The molecule has 0 aliphatic heterocycles. The molecule has 2 aromatic carbocycles. The summed E-state index contributed by atoms with van der Waals surface area (Å²) in [5, 5.41) is 2.87. The van der Waals surface area contributed by atoms with Gasteiger partial charge in [0.25, 0.3) is 0 Å². The van der Waals surface area contributed by atoms with Gasteiger partial charge in [0.05, 0.1) is 12.8 Å². The lowest BCUT2D eigenvalue weighted by Crippen LogP contribution is -1.88. The second-order valence-corrected chi connectivity index (χ2v) is 5.61. The molecule has 2 nitrogen and oxygen atoms in total.